The zero-order valence-electron chi connectivity index (χ0n) is 14.8. The van der Waals surface area contributed by atoms with Gasteiger partial charge < -0.3 is 10.6 Å². The minimum atomic E-state index is -3.12. The Hall–Kier alpha value is -2.20. The van der Waals surface area contributed by atoms with Crippen molar-refractivity contribution in [2.75, 3.05) is 32.9 Å². The first-order valence-electron chi connectivity index (χ1n) is 8.15. The van der Waals surface area contributed by atoms with Crippen molar-refractivity contribution in [2.24, 2.45) is 4.99 Å². The molecule has 0 spiro atoms. The number of nitrogens with zero attached hydrogens (tertiary/aromatic N) is 5. The van der Waals surface area contributed by atoms with Crippen LogP contribution in [0.25, 0.3) is 5.65 Å². The molecule has 138 valence electrons. The molecule has 0 aliphatic heterocycles. The number of nitrogens with one attached hydrogen (secondary N) is 2. The monoisotopic (exact) mass is 367 g/mol. The topological polar surface area (TPSA) is 104 Å². The van der Waals surface area contributed by atoms with Gasteiger partial charge in [-0.15, -0.1) is 10.2 Å². The Morgan fingerprint density at radius 3 is 2.84 bits per heavy atom. The first-order valence-corrected chi connectivity index (χ1v) is 9.76. The van der Waals surface area contributed by atoms with Crippen molar-refractivity contribution in [2.45, 2.75) is 19.9 Å². The summed E-state index contributed by atoms with van der Waals surface area (Å²) < 4.78 is 26.6. The summed E-state index contributed by atoms with van der Waals surface area (Å²) in [6, 6.07) is 5.73. The molecular formula is C15H25N7O2S. The van der Waals surface area contributed by atoms with Gasteiger partial charge in [0.1, 0.15) is 0 Å². The van der Waals surface area contributed by atoms with Crippen LogP contribution < -0.4 is 10.6 Å². The lowest BCUT2D eigenvalue weighted by molar-refractivity contribution is 0.461. The Bertz CT molecular complexity index is 816. The van der Waals surface area contributed by atoms with Gasteiger partial charge in [0.15, 0.2) is 17.4 Å². The van der Waals surface area contributed by atoms with E-state index in [0.717, 1.165) is 11.5 Å². The van der Waals surface area contributed by atoms with E-state index in [2.05, 4.69) is 25.8 Å². The molecule has 0 aliphatic carbocycles. The molecule has 0 amide bonds. The Labute approximate surface area is 148 Å². The quantitative estimate of drug-likeness (QED) is 0.389. The molecule has 25 heavy (non-hydrogen) atoms. The Morgan fingerprint density at radius 2 is 2.12 bits per heavy atom. The molecule has 2 rings (SSSR count). The van der Waals surface area contributed by atoms with Gasteiger partial charge in [0.2, 0.25) is 10.0 Å². The van der Waals surface area contributed by atoms with E-state index >= 15 is 0 Å². The van der Waals surface area contributed by atoms with Crippen LogP contribution in [0.4, 0.5) is 0 Å². The van der Waals surface area contributed by atoms with Crippen LogP contribution in [0.15, 0.2) is 29.4 Å². The first-order chi connectivity index (χ1) is 12.0. The van der Waals surface area contributed by atoms with Gasteiger partial charge in [-0.25, -0.2) is 12.7 Å². The molecule has 0 atom stereocenters. The van der Waals surface area contributed by atoms with Crippen molar-refractivity contribution in [1.29, 1.82) is 0 Å². The standard InChI is InChI=1S/C15H25N7O2S/c1-4-25(23,24)21(3)10-7-9-17-15(16-2)18-12-14-20-19-13-8-5-6-11-22(13)14/h5-6,8,11H,4,7,9-10,12H2,1-3H3,(H2,16,17,18). The summed E-state index contributed by atoms with van der Waals surface area (Å²) in [6.07, 6.45) is 2.59. The maximum atomic E-state index is 11.7. The molecule has 0 saturated carbocycles. The summed E-state index contributed by atoms with van der Waals surface area (Å²) in [6.45, 7) is 3.21. The van der Waals surface area contributed by atoms with E-state index in [9.17, 15) is 8.42 Å². The SMILES string of the molecule is CCS(=O)(=O)N(C)CCCNC(=NC)NCc1nnc2ccccn12. The molecule has 0 radical (unpaired) electrons. The Morgan fingerprint density at radius 1 is 1.32 bits per heavy atom. The largest absolute Gasteiger partial charge is 0.356 e. The fraction of sp³-hybridized carbons (Fsp3) is 0.533. The second-order valence-electron chi connectivity index (χ2n) is 5.47. The molecule has 9 nitrogen and oxygen atoms in total. The zero-order valence-corrected chi connectivity index (χ0v) is 15.6. The van der Waals surface area contributed by atoms with E-state index in [1.807, 2.05) is 28.8 Å². The predicted molar refractivity (Wildman–Crippen MR) is 97.9 cm³/mol. The third-order valence-electron chi connectivity index (χ3n) is 3.80. The first kappa shape index (κ1) is 19.1. The summed E-state index contributed by atoms with van der Waals surface area (Å²) >= 11 is 0. The summed E-state index contributed by atoms with van der Waals surface area (Å²) in [5, 5.41) is 14.6. The number of guanidine groups is 1. The van der Waals surface area contributed by atoms with Crippen molar-refractivity contribution in [3.63, 3.8) is 0 Å². The number of pyridine rings is 1. The van der Waals surface area contributed by atoms with Crippen LogP contribution in [0.1, 0.15) is 19.2 Å². The molecular weight excluding hydrogens is 342 g/mol. The van der Waals surface area contributed by atoms with Crippen LogP contribution in [-0.2, 0) is 16.6 Å². The van der Waals surface area contributed by atoms with Gasteiger partial charge in [0.05, 0.1) is 12.3 Å². The van der Waals surface area contributed by atoms with Gasteiger partial charge in [-0.3, -0.25) is 9.39 Å². The normalized spacial score (nSPS) is 12.7. The van der Waals surface area contributed by atoms with Crippen LogP contribution in [0, 0.1) is 0 Å². The molecule has 2 aromatic rings. The fourth-order valence-corrected chi connectivity index (χ4v) is 3.11. The zero-order chi connectivity index (χ0) is 18.3. The van der Waals surface area contributed by atoms with Crippen LogP contribution in [0.5, 0.6) is 0 Å². The predicted octanol–water partition coefficient (Wildman–Crippen LogP) is 0.0659. The third-order valence-corrected chi connectivity index (χ3v) is 5.67. The molecule has 2 N–H and O–H groups in total. The van der Waals surface area contributed by atoms with E-state index in [4.69, 9.17) is 0 Å². The number of rotatable bonds is 8. The lowest BCUT2D eigenvalue weighted by atomic mass is 10.4. The highest BCUT2D eigenvalue weighted by atomic mass is 32.2. The second-order valence-corrected chi connectivity index (χ2v) is 7.84. The summed E-state index contributed by atoms with van der Waals surface area (Å²) in [5.74, 6) is 1.54. The second kappa shape index (κ2) is 8.77. The summed E-state index contributed by atoms with van der Waals surface area (Å²) in [5.41, 5.74) is 0.794. The Kier molecular flexibility index (Phi) is 6.71. The minimum Gasteiger partial charge on any atom is -0.356 e. The molecule has 0 fully saturated rings. The Balaban J connectivity index is 1.78. The van der Waals surface area contributed by atoms with Crippen molar-refractivity contribution < 1.29 is 8.42 Å². The van der Waals surface area contributed by atoms with Crippen molar-refractivity contribution in [1.82, 2.24) is 29.5 Å². The average Bonchev–Trinajstić information content (AvgIpc) is 3.04. The van der Waals surface area contributed by atoms with Crippen molar-refractivity contribution in [3.8, 4) is 0 Å². The molecule has 0 bridgehead atoms. The number of hydrogen-bond acceptors (Lipinski definition) is 5. The van der Waals surface area contributed by atoms with Gasteiger partial charge >= 0.3 is 0 Å². The van der Waals surface area contributed by atoms with E-state index in [1.165, 1.54) is 4.31 Å². The minimum absolute atomic E-state index is 0.118. The van der Waals surface area contributed by atoms with E-state index in [1.54, 1.807) is 21.0 Å². The highest BCUT2D eigenvalue weighted by Crippen LogP contribution is 2.02. The smallest absolute Gasteiger partial charge is 0.213 e. The average molecular weight is 367 g/mol. The van der Waals surface area contributed by atoms with E-state index in [-0.39, 0.29) is 5.75 Å². The molecule has 0 unspecified atom stereocenters. The van der Waals surface area contributed by atoms with Gasteiger partial charge in [-0.2, -0.15) is 0 Å². The summed E-state index contributed by atoms with van der Waals surface area (Å²) in [7, 11) is 0.162. The number of aromatic nitrogens is 3. The van der Waals surface area contributed by atoms with Gasteiger partial charge in [0.25, 0.3) is 0 Å². The lowest BCUT2D eigenvalue weighted by Gasteiger charge is -2.16. The molecule has 2 heterocycles. The number of sulfonamides is 1. The highest BCUT2D eigenvalue weighted by molar-refractivity contribution is 7.89. The van der Waals surface area contributed by atoms with Gasteiger partial charge in [0, 0.05) is 33.4 Å². The van der Waals surface area contributed by atoms with Crippen LogP contribution in [-0.4, -0.2) is 66.2 Å². The van der Waals surface area contributed by atoms with Crippen LogP contribution >= 0.6 is 0 Å². The van der Waals surface area contributed by atoms with Crippen molar-refractivity contribution in [3.05, 3.63) is 30.2 Å². The van der Waals surface area contributed by atoms with E-state index in [0.29, 0.717) is 32.0 Å². The van der Waals surface area contributed by atoms with E-state index < -0.39 is 10.0 Å². The van der Waals surface area contributed by atoms with Gasteiger partial charge in [-0.05, 0) is 25.5 Å². The number of hydrogen-bond donors (Lipinski definition) is 2. The van der Waals surface area contributed by atoms with Crippen LogP contribution in [0.2, 0.25) is 0 Å². The van der Waals surface area contributed by atoms with Crippen molar-refractivity contribution >= 4 is 21.6 Å². The maximum absolute atomic E-state index is 11.7. The molecule has 10 heteroatoms. The number of aliphatic imine (C=N–C) groups is 1. The lowest BCUT2D eigenvalue weighted by Crippen LogP contribution is -2.39. The summed E-state index contributed by atoms with van der Waals surface area (Å²) in [4.78, 5) is 4.15. The molecule has 0 aliphatic rings. The third kappa shape index (κ3) is 5.13. The van der Waals surface area contributed by atoms with Crippen LogP contribution in [0.3, 0.4) is 0 Å². The molecule has 2 aromatic heterocycles. The number of fused-ring (bicyclic) bond motifs is 1. The maximum Gasteiger partial charge on any atom is 0.213 e. The highest BCUT2D eigenvalue weighted by Gasteiger charge is 2.14. The fourth-order valence-electron chi connectivity index (χ4n) is 2.26. The van der Waals surface area contributed by atoms with Gasteiger partial charge in [-0.1, -0.05) is 6.07 Å². The molecule has 0 aromatic carbocycles. The molecule has 0 saturated heterocycles.